The Balaban J connectivity index is 2.42. The largest absolute Gasteiger partial charge is 0.494 e. The minimum Gasteiger partial charge on any atom is -0.494 e. The molecule has 1 aliphatic heterocycles. The number of amides is 1. The van der Waals surface area contributed by atoms with Crippen LogP contribution in [0.2, 0.25) is 0 Å². The molecule has 1 aromatic rings. The lowest BCUT2D eigenvalue weighted by Gasteiger charge is -2.26. The maximum atomic E-state index is 12.1. The number of carboxylic acids is 1. The molecule has 0 fully saturated rings. The van der Waals surface area contributed by atoms with Crippen molar-refractivity contribution in [3.8, 4) is 5.75 Å². The summed E-state index contributed by atoms with van der Waals surface area (Å²) in [6.07, 6.45) is 0.391. The van der Waals surface area contributed by atoms with Crippen LogP contribution in [0, 0.1) is 0 Å². The Bertz CT molecular complexity index is 530. The maximum absolute atomic E-state index is 12.1. The molecule has 1 heterocycles. The van der Waals surface area contributed by atoms with Gasteiger partial charge in [0.15, 0.2) is 0 Å². The van der Waals surface area contributed by atoms with Crippen molar-refractivity contribution in [2.45, 2.75) is 12.8 Å². The van der Waals surface area contributed by atoms with Gasteiger partial charge in [-0.15, -0.1) is 0 Å². The molecule has 0 saturated heterocycles. The highest BCUT2D eigenvalue weighted by atomic mass is 16.5. The van der Waals surface area contributed by atoms with Gasteiger partial charge in [-0.1, -0.05) is 6.07 Å². The number of para-hydroxylation sites is 1. The van der Waals surface area contributed by atoms with Crippen LogP contribution >= 0.6 is 0 Å². The van der Waals surface area contributed by atoms with E-state index >= 15 is 0 Å². The van der Waals surface area contributed by atoms with Crippen molar-refractivity contribution in [1.29, 1.82) is 0 Å². The van der Waals surface area contributed by atoms with E-state index in [-0.39, 0.29) is 12.3 Å². The van der Waals surface area contributed by atoms with Crippen LogP contribution in [0.1, 0.15) is 12.8 Å². The molecule has 108 valence electrons. The number of ether oxygens (including phenoxy) is 1. The zero-order chi connectivity index (χ0) is 14.7. The first-order valence-corrected chi connectivity index (χ1v) is 6.45. The lowest BCUT2D eigenvalue weighted by Crippen LogP contribution is -2.27. The van der Waals surface area contributed by atoms with Crippen LogP contribution in [-0.4, -0.2) is 44.2 Å². The van der Waals surface area contributed by atoms with Gasteiger partial charge in [0.1, 0.15) is 11.4 Å². The number of methoxy groups -OCH3 is 1. The maximum Gasteiger partial charge on any atom is 0.305 e. The van der Waals surface area contributed by atoms with Gasteiger partial charge in [-0.2, -0.15) is 0 Å². The molecule has 2 rings (SSSR count). The van der Waals surface area contributed by atoms with E-state index in [0.29, 0.717) is 30.9 Å². The van der Waals surface area contributed by atoms with Crippen LogP contribution in [-0.2, 0) is 9.59 Å². The minimum atomic E-state index is -0.849. The lowest BCUT2D eigenvalue weighted by atomic mass is 10.2. The van der Waals surface area contributed by atoms with Gasteiger partial charge in [0, 0.05) is 26.6 Å². The van der Waals surface area contributed by atoms with Crippen LogP contribution in [0.25, 0.3) is 0 Å². The van der Waals surface area contributed by atoms with Crippen molar-refractivity contribution in [2.24, 2.45) is 0 Å². The number of nitrogens with zero attached hydrogens (tertiary/aromatic N) is 2. The van der Waals surface area contributed by atoms with Gasteiger partial charge >= 0.3 is 5.97 Å². The van der Waals surface area contributed by atoms with E-state index in [1.165, 1.54) is 0 Å². The molecule has 0 aliphatic carbocycles. The number of benzene rings is 1. The third-order valence-electron chi connectivity index (χ3n) is 3.44. The van der Waals surface area contributed by atoms with E-state index in [1.807, 2.05) is 17.0 Å². The topological polar surface area (TPSA) is 70.1 Å². The van der Waals surface area contributed by atoms with Gasteiger partial charge in [-0.3, -0.25) is 9.59 Å². The third-order valence-corrected chi connectivity index (χ3v) is 3.44. The number of aliphatic carboxylic acids is 1. The van der Waals surface area contributed by atoms with E-state index in [4.69, 9.17) is 9.84 Å². The fourth-order valence-corrected chi connectivity index (χ4v) is 2.37. The molecule has 0 radical (unpaired) electrons. The van der Waals surface area contributed by atoms with Crippen molar-refractivity contribution < 1.29 is 19.4 Å². The summed E-state index contributed by atoms with van der Waals surface area (Å²) in [5.74, 6) is -0.243. The Labute approximate surface area is 117 Å². The number of fused-ring (bicyclic) bond motifs is 1. The van der Waals surface area contributed by atoms with Crippen molar-refractivity contribution in [3.63, 3.8) is 0 Å². The Morgan fingerprint density at radius 3 is 2.85 bits per heavy atom. The predicted octanol–water partition coefficient (Wildman–Crippen LogP) is 1.34. The van der Waals surface area contributed by atoms with Gasteiger partial charge in [-0.05, 0) is 12.1 Å². The molecule has 0 unspecified atom stereocenters. The summed E-state index contributed by atoms with van der Waals surface area (Å²) in [6, 6.07) is 5.52. The molecule has 0 saturated carbocycles. The second-order valence-corrected chi connectivity index (χ2v) is 4.66. The molecule has 0 aromatic heterocycles. The van der Waals surface area contributed by atoms with Crippen LogP contribution in [0.3, 0.4) is 0 Å². The number of hydrogen-bond donors (Lipinski definition) is 1. The second kappa shape index (κ2) is 5.81. The van der Waals surface area contributed by atoms with Crippen LogP contribution in [0.4, 0.5) is 11.4 Å². The summed E-state index contributed by atoms with van der Waals surface area (Å²) >= 11 is 0. The monoisotopic (exact) mass is 278 g/mol. The van der Waals surface area contributed by atoms with Gasteiger partial charge < -0.3 is 19.6 Å². The van der Waals surface area contributed by atoms with E-state index in [0.717, 1.165) is 5.69 Å². The Morgan fingerprint density at radius 2 is 2.20 bits per heavy atom. The van der Waals surface area contributed by atoms with Gasteiger partial charge in [0.2, 0.25) is 5.91 Å². The molecular formula is C14H18N2O4. The van der Waals surface area contributed by atoms with Gasteiger partial charge in [0.05, 0.1) is 19.2 Å². The predicted molar refractivity (Wildman–Crippen MR) is 75.5 cm³/mol. The zero-order valence-corrected chi connectivity index (χ0v) is 11.6. The summed E-state index contributed by atoms with van der Waals surface area (Å²) in [5.41, 5.74) is 1.53. The van der Waals surface area contributed by atoms with Crippen LogP contribution < -0.4 is 14.5 Å². The van der Waals surface area contributed by atoms with E-state index in [9.17, 15) is 9.59 Å². The number of carbonyl (C=O) groups is 2. The molecule has 6 nitrogen and oxygen atoms in total. The molecule has 0 spiro atoms. The smallest absolute Gasteiger partial charge is 0.305 e. The number of carbonyl (C=O) groups excluding carboxylic acids is 1. The molecule has 6 heteroatoms. The summed E-state index contributed by atoms with van der Waals surface area (Å²) in [6.45, 7) is 0.882. The molecule has 1 amide bonds. The van der Waals surface area contributed by atoms with Crippen molar-refractivity contribution in [1.82, 2.24) is 0 Å². The first kappa shape index (κ1) is 14.2. The van der Waals surface area contributed by atoms with Crippen LogP contribution in [0.5, 0.6) is 5.75 Å². The zero-order valence-electron chi connectivity index (χ0n) is 11.6. The highest BCUT2D eigenvalue weighted by Gasteiger charge is 2.26. The van der Waals surface area contributed by atoms with Crippen molar-refractivity contribution in [2.75, 3.05) is 37.0 Å². The number of rotatable bonds is 4. The Morgan fingerprint density at radius 1 is 1.45 bits per heavy atom. The molecule has 20 heavy (non-hydrogen) atoms. The standard InChI is InChI=1S/C14H18N2O4/c1-15-12(17)6-8-16(9-7-13(18)19)10-4-3-5-11(20-2)14(10)15/h3-5H,6-9H2,1-2H3,(H,18,19). The number of carboxylic acid groups (broad SMARTS) is 1. The average Bonchev–Trinajstić information content (AvgIpc) is 2.56. The lowest BCUT2D eigenvalue weighted by molar-refractivity contribution is -0.136. The second-order valence-electron chi connectivity index (χ2n) is 4.66. The molecule has 1 aliphatic rings. The summed E-state index contributed by atoms with van der Waals surface area (Å²) in [7, 11) is 3.27. The van der Waals surface area contributed by atoms with Crippen molar-refractivity contribution in [3.05, 3.63) is 18.2 Å². The third kappa shape index (κ3) is 2.68. The molecular weight excluding hydrogens is 260 g/mol. The number of hydrogen-bond acceptors (Lipinski definition) is 4. The minimum absolute atomic E-state index is 0.00595. The van der Waals surface area contributed by atoms with Gasteiger partial charge in [0.25, 0.3) is 0 Å². The Kier molecular flexibility index (Phi) is 4.12. The van der Waals surface area contributed by atoms with Gasteiger partial charge in [-0.25, -0.2) is 0 Å². The molecule has 1 aromatic carbocycles. The quantitative estimate of drug-likeness (QED) is 0.900. The highest BCUT2D eigenvalue weighted by molar-refractivity contribution is 6.00. The average molecular weight is 278 g/mol. The number of anilines is 2. The van der Waals surface area contributed by atoms with E-state index in [2.05, 4.69) is 0 Å². The molecule has 0 atom stereocenters. The Hall–Kier alpha value is -2.24. The van der Waals surface area contributed by atoms with Crippen molar-refractivity contribution >= 4 is 23.3 Å². The van der Waals surface area contributed by atoms with Crippen LogP contribution in [0.15, 0.2) is 18.2 Å². The fourth-order valence-electron chi connectivity index (χ4n) is 2.37. The normalized spacial score (nSPS) is 14.8. The first-order valence-electron chi connectivity index (χ1n) is 6.45. The summed E-state index contributed by atoms with van der Waals surface area (Å²) < 4.78 is 5.32. The molecule has 1 N–H and O–H groups in total. The first-order chi connectivity index (χ1) is 9.54. The van der Waals surface area contributed by atoms with E-state index < -0.39 is 5.97 Å². The summed E-state index contributed by atoms with van der Waals surface area (Å²) in [4.78, 5) is 26.3. The SMILES string of the molecule is COc1cccc2c1N(C)C(=O)CCN2CCC(=O)O. The van der Waals surface area contributed by atoms with E-state index in [1.54, 1.807) is 25.1 Å². The fraction of sp³-hybridized carbons (Fsp3) is 0.429. The highest BCUT2D eigenvalue weighted by Crippen LogP contribution is 2.39. The molecule has 0 bridgehead atoms. The summed E-state index contributed by atoms with van der Waals surface area (Å²) in [5, 5.41) is 8.84.